The first kappa shape index (κ1) is 8.40. The maximum Gasteiger partial charge on any atom is 0.123 e. The number of alkyl halides is 1. The fraction of sp³-hybridized carbons (Fsp3) is 0.250. The summed E-state index contributed by atoms with van der Waals surface area (Å²) in [6, 6.07) is 5.23. The van der Waals surface area contributed by atoms with E-state index in [4.69, 9.17) is 4.74 Å². The molecule has 11 heavy (non-hydrogen) atoms. The van der Waals surface area contributed by atoms with Crippen LogP contribution in [0, 0.1) is 0 Å². The first-order valence-electron chi connectivity index (χ1n) is 3.19. The van der Waals surface area contributed by atoms with Gasteiger partial charge in [0.1, 0.15) is 11.5 Å². The maximum atomic E-state index is 9.31. The molecule has 0 aromatic heterocycles. The highest BCUT2D eigenvalue weighted by Crippen LogP contribution is 2.24. The second-order valence-corrected chi connectivity index (χ2v) is 2.69. The number of hydrogen-bond donors (Lipinski definition) is 1. The Morgan fingerprint density at radius 1 is 1.55 bits per heavy atom. The topological polar surface area (TPSA) is 29.5 Å². The number of hydrogen-bond acceptors (Lipinski definition) is 2. The Hall–Kier alpha value is -0.700. The first-order valence-corrected chi connectivity index (χ1v) is 4.32. The zero-order valence-corrected chi connectivity index (χ0v) is 7.76. The summed E-state index contributed by atoms with van der Waals surface area (Å²) in [5.41, 5.74) is 0.866. The number of phenolic OH excluding ortho intramolecular Hbond substituents is 1. The van der Waals surface area contributed by atoms with E-state index in [-0.39, 0.29) is 5.75 Å². The number of phenols is 1. The minimum Gasteiger partial charge on any atom is -0.508 e. The molecule has 0 saturated heterocycles. The summed E-state index contributed by atoms with van der Waals surface area (Å²) in [7, 11) is 1.57. The van der Waals surface area contributed by atoms with Crippen molar-refractivity contribution in [2.75, 3.05) is 7.11 Å². The Morgan fingerprint density at radius 3 is 2.73 bits per heavy atom. The number of ether oxygens (including phenoxy) is 1. The lowest BCUT2D eigenvalue weighted by Crippen LogP contribution is -1.84. The third-order valence-electron chi connectivity index (χ3n) is 1.44. The standard InChI is InChI=1S/C8H9BrO2/c1-11-7-3-2-6(5-9)8(10)4-7/h2-4,10H,5H2,1H3. The summed E-state index contributed by atoms with van der Waals surface area (Å²) in [6.07, 6.45) is 0. The molecule has 2 nitrogen and oxygen atoms in total. The molecule has 1 aromatic carbocycles. The van der Waals surface area contributed by atoms with E-state index in [1.165, 1.54) is 0 Å². The molecule has 0 fully saturated rings. The van der Waals surface area contributed by atoms with Crippen LogP contribution in [0.2, 0.25) is 0 Å². The lowest BCUT2D eigenvalue weighted by molar-refractivity contribution is 0.407. The number of methoxy groups -OCH3 is 1. The fourth-order valence-electron chi connectivity index (χ4n) is 0.784. The molecule has 60 valence electrons. The highest BCUT2D eigenvalue weighted by molar-refractivity contribution is 9.08. The predicted molar refractivity (Wildman–Crippen MR) is 47.3 cm³/mol. The van der Waals surface area contributed by atoms with Crippen LogP contribution in [-0.4, -0.2) is 12.2 Å². The van der Waals surface area contributed by atoms with Crippen LogP contribution in [0.1, 0.15) is 5.56 Å². The Balaban J connectivity index is 2.99. The molecular weight excluding hydrogens is 208 g/mol. The van der Waals surface area contributed by atoms with Crippen LogP contribution in [-0.2, 0) is 5.33 Å². The van der Waals surface area contributed by atoms with Gasteiger partial charge in [-0.2, -0.15) is 0 Å². The van der Waals surface area contributed by atoms with Crippen LogP contribution in [0.4, 0.5) is 0 Å². The SMILES string of the molecule is COc1ccc(CBr)c(O)c1. The molecule has 3 heteroatoms. The van der Waals surface area contributed by atoms with Crippen molar-refractivity contribution in [3.63, 3.8) is 0 Å². The average molecular weight is 217 g/mol. The second kappa shape index (κ2) is 3.62. The minimum absolute atomic E-state index is 0.265. The van der Waals surface area contributed by atoms with Gasteiger partial charge in [-0.25, -0.2) is 0 Å². The summed E-state index contributed by atoms with van der Waals surface area (Å²) < 4.78 is 4.92. The second-order valence-electron chi connectivity index (χ2n) is 2.13. The summed E-state index contributed by atoms with van der Waals surface area (Å²) >= 11 is 3.25. The quantitative estimate of drug-likeness (QED) is 0.770. The van der Waals surface area contributed by atoms with Crippen LogP contribution in [0.25, 0.3) is 0 Å². The smallest absolute Gasteiger partial charge is 0.123 e. The van der Waals surface area contributed by atoms with E-state index >= 15 is 0 Å². The molecule has 0 heterocycles. The summed E-state index contributed by atoms with van der Waals surface area (Å²) in [6.45, 7) is 0. The largest absolute Gasteiger partial charge is 0.508 e. The van der Waals surface area contributed by atoms with Crippen LogP contribution in [0.15, 0.2) is 18.2 Å². The van der Waals surface area contributed by atoms with Crippen molar-refractivity contribution >= 4 is 15.9 Å². The summed E-state index contributed by atoms with van der Waals surface area (Å²) in [5.74, 6) is 0.938. The molecule has 0 radical (unpaired) electrons. The third kappa shape index (κ3) is 1.87. The monoisotopic (exact) mass is 216 g/mol. The normalized spacial score (nSPS) is 9.64. The zero-order chi connectivity index (χ0) is 8.27. The van der Waals surface area contributed by atoms with E-state index < -0.39 is 0 Å². The van der Waals surface area contributed by atoms with Gasteiger partial charge in [-0.15, -0.1) is 0 Å². The predicted octanol–water partition coefficient (Wildman–Crippen LogP) is 2.30. The van der Waals surface area contributed by atoms with Crippen LogP contribution in [0.3, 0.4) is 0 Å². The van der Waals surface area contributed by atoms with Gasteiger partial charge < -0.3 is 9.84 Å². The van der Waals surface area contributed by atoms with Gasteiger partial charge >= 0.3 is 0 Å². The average Bonchev–Trinajstić information content (AvgIpc) is 2.04. The van der Waals surface area contributed by atoms with Gasteiger partial charge in [0.2, 0.25) is 0 Å². The lowest BCUT2D eigenvalue weighted by Gasteiger charge is -2.02. The summed E-state index contributed by atoms with van der Waals surface area (Å²) in [4.78, 5) is 0. The molecule has 0 aliphatic heterocycles. The molecule has 0 aliphatic rings. The number of benzene rings is 1. The zero-order valence-electron chi connectivity index (χ0n) is 6.17. The van der Waals surface area contributed by atoms with Crippen LogP contribution in [0.5, 0.6) is 11.5 Å². The van der Waals surface area contributed by atoms with Gasteiger partial charge in [0.05, 0.1) is 7.11 Å². The van der Waals surface area contributed by atoms with E-state index in [2.05, 4.69) is 15.9 Å². The van der Waals surface area contributed by atoms with E-state index in [0.717, 1.165) is 5.56 Å². The molecule has 0 bridgehead atoms. The van der Waals surface area contributed by atoms with Crippen LogP contribution >= 0.6 is 15.9 Å². The number of rotatable bonds is 2. The third-order valence-corrected chi connectivity index (χ3v) is 2.04. The van der Waals surface area contributed by atoms with Crippen molar-refractivity contribution < 1.29 is 9.84 Å². The van der Waals surface area contributed by atoms with Gasteiger partial charge in [-0.1, -0.05) is 22.0 Å². The van der Waals surface area contributed by atoms with Gasteiger partial charge in [-0.05, 0) is 6.07 Å². The fourth-order valence-corrected chi connectivity index (χ4v) is 1.26. The Bertz CT molecular complexity index is 248. The Morgan fingerprint density at radius 2 is 2.27 bits per heavy atom. The molecule has 1 aromatic rings. The minimum atomic E-state index is 0.265. The van der Waals surface area contributed by atoms with Gasteiger partial charge in [0.15, 0.2) is 0 Å². The molecule has 0 atom stereocenters. The first-order chi connectivity index (χ1) is 5.27. The lowest BCUT2D eigenvalue weighted by atomic mass is 10.2. The number of aromatic hydroxyl groups is 1. The van der Waals surface area contributed by atoms with Crippen molar-refractivity contribution in [3.8, 4) is 11.5 Å². The maximum absolute atomic E-state index is 9.31. The summed E-state index contributed by atoms with van der Waals surface area (Å²) in [5, 5.41) is 9.97. The van der Waals surface area contributed by atoms with Gasteiger partial charge in [0, 0.05) is 17.0 Å². The van der Waals surface area contributed by atoms with Crippen molar-refractivity contribution in [2.45, 2.75) is 5.33 Å². The Kier molecular flexibility index (Phi) is 2.76. The van der Waals surface area contributed by atoms with Gasteiger partial charge in [0.25, 0.3) is 0 Å². The van der Waals surface area contributed by atoms with Crippen molar-refractivity contribution in [2.24, 2.45) is 0 Å². The van der Waals surface area contributed by atoms with E-state index in [0.29, 0.717) is 11.1 Å². The van der Waals surface area contributed by atoms with Crippen molar-refractivity contribution in [1.29, 1.82) is 0 Å². The molecule has 0 spiro atoms. The van der Waals surface area contributed by atoms with Gasteiger partial charge in [-0.3, -0.25) is 0 Å². The molecular formula is C8H9BrO2. The molecule has 0 saturated carbocycles. The van der Waals surface area contributed by atoms with E-state index in [1.807, 2.05) is 12.1 Å². The number of halogens is 1. The highest BCUT2D eigenvalue weighted by atomic mass is 79.9. The molecule has 1 N–H and O–H groups in total. The highest BCUT2D eigenvalue weighted by Gasteiger charge is 1.99. The van der Waals surface area contributed by atoms with E-state index in [1.54, 1.807) is 13.2 Å². The van der Waals surface area contributed by atoms with E-state index in [9.17, 15) is 5.11 Å². The van der Waals surface area contributed by atoms with Crippen LogP contribution < -0.4 is 4.74 Å². The molecule has 0 aliphatic carbocycles. The Labute approximate surface area is 73.9 Å². The van der Waals surface area contributed by atoms with Crippen molar-refractivity contribution in [1.82, 2.24) is 0 Å². The van der Waals surface area contributed by atoms with Crippen molar-refractivity contribution in [3.05, 3.63) is 23.8 Å². The molecule has 0 amide bonds. The molecule has 1 rings (SSSR count). The molecule has 0 unspecified atom stereocenters.